The molecule has 3 nitrogen and oxygen atoms in total. The molecule has 1 aromatic carbocycles. The highest BCUT2D eigenvalue weighted by Gasteiger charge is 2.02. The second-order valence-corrected chi connectivity index (χ2v) is 4.58. The van der Waals surface area contributed by atoms with Crippen molar-refractivity contribution in [1.82, 2.24) is 4.98 Å². The second-order valence-electron chi connectivity index (χ2n) is 3.23. The Kier molecular flexibility index (Phi) is 3.62. The molecular weight excluding hydrogens is 304 g/mol. The van der Waals surface area contributed by atoms with Gasteiger partial charge in [0.25, 0.3) is 0 Å². The average molecular weight is 310 g/mol. The van der Waals surface area contributed by atoms with Crippen molar-refractivity contribution >= 4 is 27.5 Å². The third kappa shape index (κ3) is 3.19. The zero-order valence-electron chi connectivity index (χ0n) is 8.52. The lowest BCUT2D eigenvalue weighted by Gasteiger charge is -2.06. The molecule has 5 heteroatoms. The van der Waals surface area contributed by atoms with E-state index in [9.17, 15) is 0 Å². The Balaban J connectivity index is 2.30. The van der Waals surface area contributed by atoms with Gasteiger partial charge in [-0.25, -0.2) is 0 Å². The highest BCUT2D eigenvalue weighted by molar-refractivity contribution is 9.10. The van der Waals surface area contributed by atoms with E-state index in [0.29, 0.717) is 22.1 Å². The van der Waals surface area contributed by atoms with Gasteiger partial charge in [-0.2, -0.15) is 5.26 Å². The molecule has 1 heterocycles. The van der Waals surface area contributed by atoms with Gasteiger partial charge < -0.3 is 4.74 Å². The second kappa shape index (κ2) is 5.17. The fourth-order valence-electron chi connectivity index (χ4n) is 1.27. The van der Waals surface area contributed by atoms with Crippen molar-refractivity contribution < 1.29 is 4.74 Å². The number of hydrogen-bond donors (Lipinski definition) is 0. The van der Waals surface area contributed by atoms with Crippen molar-refractivity contribution in [3.63, 3.8) is 0 Å². The van der Waals surface area contributed by atoms with Crippen LogP contribution < -0.4 is 4.74 Å². The summed E-state index contributed by atoms with van der Waals surface area (Å²) < 4.78 is 6.33. The van der Waals surface area contributed by atoms with Crippen LogP contribution in [0.15, 0.2) is 41.1 Å². The Labute approximate surface area is 112 Å². The van der Waals surface area contributed by atoms with Crippen molar-refractivity contribution in [2.75, 3.05) is 0 Å². The molecule has 0 radical (unpaired) electrons. The number of nitriles is 1. The van der Waals surface area contributed by atoms with E-state index in [1.54, 1.807) is 30.5 Å². The lowest BCUT2D eigenvalue weighted by Crippen LogP contribution is -1.86. The molecule has 0 unspecified atom stereocenters. The molecule has 1 aromatic heterocycles. The van der Waals surface area contributed by atoms with Crippen LogP contribution in [0.5, 0.6) is 11.5 Å². The van der Waals surface area contributed by atoms with Crippen LogP contribution >= 0.6 is 27.5 Å². The summed E-state index contributed by atoms with van der Waals surface area (Å²) in [5.74, 6) is 1.08. The quantitative estimate of drug-likeness (QED) is 0.836. The molecule has 17 heavy (non-hydrogen) atoms. The van der Waals surface area contributed by atoms with Crippen molar-refractivity contribution in [2.45, 2.75) is 0 Å². The molecule has 0 atom stereocenters. The van der Waals surface area contributed by atoms with Crippen LogP contribution in [-0.4, -0.2) is 4.98 Å². The topological polar surface area (TPSA) is 45.9 Å². The molecule has 0 saturated heterocycles. The molecule has 2 rings (SSSR count). The van der Waals surface area contributed by atoms with Crippen LogP contribution in [0.2, 0.25) is 5.02 Å². The number of halogens is 2. The first-order valence-corrected chi connectivity index (χ1v) is 5.83. The van der Waals surface area contributed by atoms with Gasteiger partial charge in [-0.15, -0.1) is 0 Å². The molecule has 0 aliphatic carbocycles. The fourth-order valence-corrected chi connectivity index (χ4v) is 1.91. The van der Waals surface area contributed by atoms with Crippen LogP contribution in [-0.2, 0) is 0 Å². The van der Waals surface area contributed by atoms with Gasteiger partial charge in [0.05, 0.1) is 22.9 Å². The Morgan fingerprint density at radius 2 is 2.00 bits per heavy atom. The first-order chi connectivity index (χ1) is 8.17. The lowest BCUT2D eigenvalue weighted by atomic mass is 10.2. The molecule has 0 aliphatic heterocycles. The molecular formula is C12H6BrClN2O. The standard InChI is InChI=1S/C12H6BrClN2O/c13-9-1-8(5-15)2-11(3-9)17-12-4-10(14)6-16-7-12/h1-4,6-7H. The van der Waals surface area contributed by atoms with E-state index in [2.05, 4.69) is 27.0 Å². The van der Waals surface area contributed by atoms with E-state index in [4.69, 9.17) is 21.6 Å². The number of rotatable bonds is 2. The summed E-state index contributed by atoms with van der Waals surface area (Å²) in [7, 11) is 0. The van der Waals surface area contributed by atoms with E-state index < -0.39 is 0 Å². The Morgan fingerprint density at radius 3 is 2.71 bits per heavy atom. The van der Waals surface area contributed by atoms with E-state index in [-0.39, 0.29) is 0 Å². The van der Waals surface area contributed by atoms with E-state index >= 15 is 0 Å². The summed E-state index contributed by atoms with van der Waals surface area (Å²) in [6.45, 7) is 0. The summed E-state index contributed by atoms with van der Waals surface area (Å²) in [6.07, 6.45) is 3.08. The van der Waals surface area contributed by atoms with Crippen molar-refractivity contribution in [3.8, 4) is 17.6 Å². The predicted molar refractivity (Wildman–Crippen MR) is 68.2 cm³/mol. The monoisotopic (exact) mass is 308 g/mol. The van der Waals surface area contributed by atoms with Crippen molar-refractivity contribution in [1.29, 1.82) is 5.26 Å². The number of nitrogens with zero attached hydrogens (tertiary/aromatic N) is 2. The van der Waals surface area contributed by atoms with Gasteiger partial charge in [0.1, 0.15) is 11.5 Å². The third-order valence-electron chi connectivity index (χ3n) is 1.92. The smallest absolute Gasteiger partial charge is 0.147 e. The van der Waals surface area contributed by atoms with Gasteiger partial charge in [0.2, 0.25) is 0 Å². The van der Waals surface area contributed by atoms with Gasteiger partial charge in [-0.05, 0) is 18.2 Å². The molecule has 2 aromatic rings. The van der Waals surface area contributed by atoms with Crippen LogP contribution in [0.4, 0.5) is 0 Å². The van der Waals surface area contributed by atoms with E-state index in [1.165, 1.54) is 6.20 Å². The first kappa shape index (κ1) is 11.9. The zero-order chi connectivity index (χ0) is 12.3. The number of hydrogen-bond acceptors (Lipinski definition) is 3. The maximum Gasteiger partial charge on any atom is 0.147 e. The molecule has 0 saturated carbocycles. The molecule has 0 amide bonds. The van der Waals surface area contributed by atoms with Crippen molar-refractivity contribution in [3.05, 3.63) is 51.7 Å². The summed E-state index contributed by atoms with van der Waals surface area (Å²) in [4.78, 5) is 3.91. The van der Waals surface area contributed by atoms with Gasteiger partial charge in [0, 0.05) is 16.7 Å². The molecule has 0 spiro atoms. The Bertz CT molecular complexity index is 595. The summed E-state index contributed by atoms with van der Waals surface area (Å²) in [6, 6.07) is 8.83. The molecule has 0 fully saturated rings. The maximum atomic E-state index is 8.84. The SMILES string of the molecule is N#Cc1cc(Br)cc(Oc2cncc(Cl)c2)c1. The molecule has 0 N–H and O–H groups in total. The third-order valence-corrected chi connectivity index (χ3v) is 2.58. The Morgan fingerprint density at radius 1 is 1.18 bits per heavy atom. The average Bonchev–Trinajstić information content (AvgIpc) is 2.28. The summed E-state index contributed by atoms with van der Waals surface area (Å²) in [5.41, 5.74) is 0.518. The highest BCUT2D eigenvalue weighted by Crippen LogP contribution is 2.26. The number of pyridine rings is 1. The normalized spacial score (nSPS) is 9.71. The molecule has 0 aliphatic rings. The number of ether oxygens (including phenoxy) is 1. The largest absolute Gasteiger partial charge is 0.456 e. The van der Waals surface area contributed by atoms with Crippen LogP contribution in [0.25, 0.3) is 0 Å². The zero-order valence-corrected chi connectivity index (χ0v) is 10.9. The first-order valence-electron chi connectivity index (χ1n) is 4.66. The van der Waals surface area contributed by atoms with Gasteiger partial charge >= 0.3 is 0 Å². The van der Waals surface area contributed by atoms with Gasteiger partial charge in [0.15, 0.2) is 0 Å². The van der Waals surface area contributed by atoms with Gasteiger partial charge in [-0.3, -0.25) is 4.98 Å². The minimum Gasteiger partial charge on any atom is -0.456 e. The highest BCUT2D eigenvalue weighted by atomic mass is 79.9. The lowest BCUT2D eigenvalue weighted by molar-refractivity contribution is 0.480. The van der Waals surface area contributed by atoms with Gasteiger partial charge in [-0.1, -0.05) is 27.5 Å². The summed E-state index contributed by atoms with van der Waals surface area (Å²) >= 11 is 9.11. The van der Waals surface area contributed by atoms with E-state index in [0.717, 1.165) is 4.47 Å². The molecule has 84 valence electrons. The maximum absolute atomic E-state index is 8.84. The number of benzene rings is 1. The molecule has 0 bridgehead atoms. The van der Waals surface area contributed by atoms with Crippen LogP contribution in [0.3, 0.4) is 0 Å². The minimum atomic E-state index is 0.498. The number of aromatic nitrogens is 1. The fraction of sp³-hybridized carbons (Fsp3) is 0. The predicted octanol–water partition coefficient (Wildman–Crippen LogP) is 4.16. The minimum absolute atomic E-state index is 0.498. The van der Waals surface area contributed by atoms with Crippen LogP contribution in [0.1, 0.15) is 5.56 Å². The van der Waals surface area contributed by atoms with Crippen LogP contribution in [0, 0.1) is 11.3 Å². The van der Waals surface area contributed by atoms with E-state index in [1.807, 2.05) is 0 Å². The Hall–Kier alpha value is -1.57. The summed E-state index contributed by atoms with van der Waals surface area (Å²) in [5, 5.41) is 9.33. The van der Waals surface area contributed by atoms with Crippen molar-refractivity contribution in [2.24, 2.45) is 0 Å².